The van der Waals surface area contributed by atoms with E-state index in [2.05, 4.69) is 39.9 Å². The first-order chi connectivity index (χ1) is 10.2. The zero-order valence-corrected chi connectivity index (χ0v) is 12.9. The average Bonchev–Trinajstić information content (AvgIpc) is 2.53. The van der Waals surface area contributed by atoms with Gasteiger partial charge in [0.1, 0.15) is 17.9 Å². The summed E-state index contributed by atoms with van der Waals surface area (Å²) in [5.74, 6) is 1.84. The highest BCUT2D eigenvalue weighted by Gasteiger charge is 2.22. The molecule has 0 radical (unpaired) electrons. The van der Waals surface area contributed by atoms with Crippen molar-refractivity contribution >= 4 is 16.7 Å². The van der Waals surface area contributed by atoms with Crippen molar-refractivity contribution in [3.05, 3.63) is 24.5 Å². The summed E-state index contributed by atoms with van der Waals surface area (Å²) in [7, 11) is 6.00. The number of hydrogen-bond acceptors (Lipinski definition) is 5. The molecule has 0 aliphatic carbocycles. The molecular formula is C16H22N4O. The third kappa shape index (κ3) is 2.78. The van der Waals surface area contributed by atoms with Crippen LogP contribution in [0, 0.1) is 0 Å². The third-order valence-corrected chi connectivity index (χ3v) is 4.39. The van der Waals surface area contributed by atoms with E-state index in [1.54, 1.807) is 13.4 Å². The van der Waals surface area contributed by atoms with Gasteiger partial charge in [0.05, 0.1) is 12.6 Å². The number of hydrogen-bond donors (Lipinski definition) is 0. The smallest absolute Gasteiger partial charge is 0.139 e. The highest BCUT2D eigenvalue weighted by atomic mass is 16.5. The lowest BCUT2D eigenvalue weighted by atomic mass is 10.0. The van der Waals surface area contributed by atoms with Gasteiger partial charge in [-0.05, 0) is 45.1 Å². The van der Waals surface area contributed by atoms with Crippen LogP contribution in [0.4, 0.5) is 5.82 Å². The Bertz CT molecular complexity index is 623. The highest BCUT2D eigenvalue weighted by molar-refractivity contribution is 5.90. The Kier molecular flexibility index (Phi) is 3.92. The lowest BCUT2D eigenvalue weighted by Gasteiger charge is -2.36. The van der Waals surface area contributed by atoms with Crippen LogP contribution in [0.2, 0.25) is 0 Å². The third-order valence-electron chi connectivity index (χ3n) is 4.39. The molecule has 1 aromatic carbocycles. The van der Waals surface area contributed by atoms with Crippen LogP contribution in [0.15, 0.2) is 24.5 Å². The maximum atomic E-state index is 5.27. The molecule has 0 atom stereocenters. The van der Waals surface area contributed by atoms with E-state index < -0.39 is 0 Å². The van der Waals surface area contributed by atoms with Gasteiger partial charge in [0, 0.05) is 24.5 Å². The van der Waals surface area contributed by atoms with Gasteiger partial charge in [-0.1, -0.05) is 0 Å². The predicted octanol–water partition coefficient (Wildman–Crippen LogP) is 2.17. The van der Waals surface area contributed by atoms with Crippen molar-refractivity contribution in [2.75, 3.05) is 39.2 Å². The number of anilines is 1. The molecule has 2 aromatic rings. The Labute approximate surface area is 125 Å². The van der Waals surface area contributed by atoms with E-state index in [1.807, 2.05) is 12.1 Å². The van der Waals surface area contributed by atoms with Gasteiger partial charge in [-0.3, -0.25) is 0 Å². The second-order valence-electron chi connectivity index (χ2n) is 5.73. The topological polar surface area (TPSA) is 41.5 Å². The summed E-state index contributed by atoms with van der Waals surface area (Å²) in [6.07, 6.45) is 3.99. The van der Waals surface area contributed by atoms with Gasteiger partial charge in [0.25, 0.3) is 0 Å². The minimum Gasteiger partial charge on any atom is -0.497 e. The lowest BCUT2D eigenvalue weighted by molar-refractivity contribution is 0.252. The molecule has 112 valence electrons. The van der Waals surface area contributed by atoms with Crippen LogP contribution in [0.5, 0.6) is 5.75 Å². The minimum absolute atomic E-state index is 0.543. The molecule has 1 aromatic heterocycles. The predicted molar refractivity (Wildman–Crippen MR) is 85.0 cm³/mol. The summed E-state index contributed by atoms with van der Waals surface area (Å²) in [5, 5.41) is 1.08. The van der Waals surface area contributed by atoms with Crippen LogP contribution in [-0.4, -0.2) is 55.2 Å². The quantitative estimate of drug-likeness (QED) is 0.865. The lowest BCUT2D eigenvalue weighted by Crippen LogP contribution is -2.42. The fraction of sp³-hybridized carbons (Fsp3) is 0.500. The van der Waals surface area contributed by atoms with Crippen molar-refractivity contribution in [1.29, 1.82) is 0 Å². The molecular weight excluding hydrogens is 264 g/mol. The Hall–Kier alpha value is -1.88. The number of nitrogens with zero attached hydrogens (tertiary/aromatic N) is 4. The first kappa shape index (κ1) is 14.1. The first-order valence-corrected chi connectivity index (χ1v) is 7.39. The second kappa shape index (κ2) is 5.85. The number of piperidine rings is 1. The number of methoxy groups -OCH3 is 1. The van der Waals surface area contributed by atoms with Crippen LogP contribution in [0.3, 0.4) is 0 Å². The van der Waals surface area contributed by atoms with E-state index in [-0.39, 0.29) is 0 Å². The van der Waals surface area contributed by atoms with Gasteiger partial charge in [-0.25, -0.2) is 9.97 Å². The molecule has 1 aliphatic rings. The van der Waals surface area contributed by atoms with E-state index in [9.17, 15) is 0 Å². The molecule has 0 unspecified atom stereocenters. The molecule has 1 aliphatic heterocycles. The fourth-order valence-electron chi connectivity index (χ4n) is 2.99. The molecule has 0 bridgehead atoms. The summed E-state index contributed by atoms with van der Waals surface area (Å²) in [6.45, 7) is 2.29. The van der Waals surface area contributed by atoms with Crippen LogP contribution < -0.4 is 9.64 Å². The maximum absolute atomic E-state index is 5.27. The van der Waals surface area contributed by atoms with Crippen molar-refractivity contribution in [3.63, 3.8) is 0 Å². The first-order valence-electron chi connectivity index (χ1n) is 7.39. The van der Waals surface area contributed by atoms with E-state index >= 15 is 0 Å². The van der Waals surface area contributed by atoms with Crippen LogP contribution >= 0.6 is 0 Å². The monoisotopic (exact) mass is 286 g/mol. The van der Waals surface area contributed by atoms with Crippen LogP contribution in [0.1, 0.15) is 12.8 Å². The van der Waals surface area contributed by atoms with Gasteiger partial charge >= 0.3 is 0 Å². The molecule has 0 spiro atoms. The molecule has 1 saturated heterocycles. The van der Waals surface area contributed by atoms with E-state index in [1.165, 1.54) is 12.8 Å². The van der Waals surface area contributed by atoms with E-state index in [0.717, 1.165) is 35.6 Å². The van der Waals surface area contributed by atoms with Crippen LogP contribution in [0.25, 0.3) is 10.9 Å². The second-order valence-corrected chi connectivity index (χ2v) is 5.73. The number of ether oxygens (including phenoxy) is 1. The zero-order chi connectivity index (χ0) is 14.8. The van der Waals surface area contributed by atoms with Crippen molar-refractivity contribution in [2.24, 2.45) is 0 Å². The molecule has 1 fully saturated rings. The maximum Gasteiger partial charge on any atom is 0.139 e. The number of rotatable bonds is 3. The average molecular weight is 286 g/mol. The summed E-state index contributed by atoms with van der Waals surface area (Å²) in [6, 6.07) is 6.52. The molecule has 2 heterocycles. The Balaban J connectivity index is 1.92. The van der Waals surface area contributed by atoms with Gasteiger partial charge in [0.15, 0.2) is 0 Å². The zero-order valence-electron chi connectivity index (χ0n) is 12.9. The largest absolute Gasteiger partial charge is 0.497 e. The molecule has 21 heavy (non-hydrogen) atoms. The molecule has 0 saturated carbocycles. The van der Waals surface area contributed by atoms with Gasteiger partial charge in [-0.15, -0.1) is 0 Å². The molecule has 0 amide bonds. The normalized spacial score (nSPS) is 17.1. The summed E-state index contributed by atoms with van der Waals surface area (Å²) < 4.78 is 5.27. The van der Waals surface area contributed by atoms with Crippen molar-refractivity contribution in [1.82, 2.24) is 14.9 Å². The Morgan fingerprint density at radius 1 is 1.24 bits per heavy atom. The minimum atomic E-state index is 0.543. The van der Waals surface area contributed by atoms with Gasteiger partial charge in [0.2, 0.25) is 0 Å². The summed E-state index contributed by atoms with van der Waals surface area (Å²) in [5.41, 5.74) is 0.930. The van der Waals surface area contributed by atoms with Gasteiger partial charge in [-0.2, -0.15) is 0 Å². The van der Waals surface area contributed by atoms with E-state index in [0.29, 0.717) is 6.04 Å². The standard InChI is InChI=1S/C16H22N4O/c1-19-8-6-12(7-9-19)20(2)16-14-5-4-13(21-3)10-15(14)17-11-18-16/h4-5,10-12H,6-9H2,1-3H3. The van der Waals surface area contributed by atoms with Crippen LogP contribution in [-0.2, 0) is 0 Å². The highest BCUT2D eigenvalue weighted by Crippen LogP contribution is 2.28. The van der Waals surface area contributed by atoms with Gasteiger partial charge < -0.3 is 14.5 Å². The fourth-order valence-corrected chi connectivity index (χ4v) is 2.99. The molecule has 5 nitrogen and oxygen atoms in total. The van der Waals surface area contributed by atoms with Crippen molar-refractivity contribution < 1.29 is 4.74 Å². The molecule has 5 heteroatoms. The van der Waals surface area contributed by atoms with Crippen molar-refractivity contribution in [3.8, 4) is 5.75 Å². The number of benzene rings is 1. The van der Waals surface area contributed by atoms with E-state index in [4.69, 9.17) is 4.74 Å². The summed E-state index contributed by atoms with van der Waals surface area (Å²) in [4.78, 5) is 13.6. The Morgan fingerprint density at radius 3 is 2.71 bits per heavy atom. The van der Waals surface area contributed by atoms with Crippen molar-refractivity contribution in [2.45, 2.75) is 18.9 Å². The SMILES string of the molecule is COc1ccc2c(N(C)C3CCN(C)CC3)ncnc2c1. The summed E-state index contributed by atoms with van der Waals surface area (Å²) >= 11 is 0. The number of fused-ring (bicyclic) bond motifs is 1. The Morgan fingerprint density at radius 2 is 2.00 bits per heavy atom. The molecule has 0 N–H and O–H groups in total. The molecule has 3 rings (SSSR count). The number of likely N-dealkylation sites (tertiary alicyclic amines) is 1. The number of aromatic nitrogens is 2.